The van der Waals surface area contributed by atoms with Crippen LogP contribution in [0.3, 0.4) is 0 Å². The van der Waals surface area contributed by atoms with Gasteiger partial charge in [0.25, 0.3) is 0 Å². The maximum absolute atomic E-state index is 12.2. The summed E-state index contributed by atoms with van der Waals surface area (Å²) in [6.07, 6.45) is 5.59. The summed E-state index contributed by atoms with van der Waals surface area (Å²) >= 11 is 0. The first-order valence-corrected chi connectivity index (χ1v) is 7.31. The van der Waals surface area contributed by atoms with E-state index in [-0.39, 0.29) is 11.9 Å². The van der Waals surface area contributed by atoms with Crippen molar-refractivity contribution in [3.63, 3.8) is 0 Å². The normalized spacial score (nSPS) is 16.1. The second kappa shape index (κ2) is 6.18. The van der Waals surface area contributed by atoms with Crippen molar-refractivity contribution in [1.29, 1.82) is 0 Å². The molecule has 2 heterocycles. The summed E-state index contributed by atoms with van der Waals surface area (Å²) in [5.74, 6) is 1.68. The highest BCUT2D eigenvalue weighted by Gasteiger charge is 2.31. The standard InChI is InChI=1S/C16H20N2O3/c1-12(15-5-3-9-21-15)17-16(19)11-18(13-6-7-13)10-14-4-2-8-20-14/h2-5,8-9,12-13H,6-7,10-11H2,1H3,(H,17,19)/t12-/m0/s1. The number of rotatable bonds is 7. The van der Waals surface area contributed by atoms with Crippen LogP contribution in [-0.4, -0.2) is 23.4 Å². The summed E-state index contributed by atoms with van der Waals surface area (Å²) < 4.78 is 10.7. The van der Waals surface area contributed by atoms with Crippen molar-refractivity contribution in [3.05, 3.63) is 48.3 Å². The Labute approximate surface area is 123 Å². The van der Waals surface area contributed by atoms with Crippen LogP contribution in [0.2, 0.25) is 0 Å². The van der Waals surface area contributed by atoms with Gasteiger partial charge in [0.2, 0.25) is 5.91 Å². The van der Waals surface area contributed by atoms with Crippen molar-refractivity contribution >= 4 is 5.91 Å². The van der Waals surface area contributed by atoms with Gasteiger partial charge in [-0.1, -0.05) is 0 Å². The number of nitrogens with one attached hydrogen (secondary N) is 1. The fourth-order valence-electron chi connectivity index (χ4n) is 2.44. The predicted octanol–water partition coefficient (Wildman–Crippen LogP) is 2.71. The Kier molecular flexibility index (Phi) is 4.10. The van der Waals surface area contributed by atoms with E-state index in [9.17, 15) is 4.79 Å². The zero-order valence-corrected chi connectivity index (χ0v) is 12.1. The average molecular weight is 288 g/mol. The van der Waals surface area contributed by atoms with Gasteiger partial charge in [0, 0.05) is 6.04 Å². The maximum Gasteiger partial charge on any atom is 0.234 e. The van der Waals surface area contributed by atoms with Crippen LogP contribution in [0, 0.1) is 0 Å². The van der Waals surface area contributed by atoms with Crippen molar-refractivity contribution in [3.8, 4) is 0 Å². The second-order valence-corrected chi connectivity index (χ2v) is 5.52. The molecule has 1 amide bonds. The van der Waals surface area contributed by atoms with Gasteiger partial charge in [-0.2, -0.15) is 0 Å². The number of carbonyl (C=O) groups is 1. The summed E-state index contributed by atoms with van der Waals surface area (Å²) in [6, 6.07) is 7.90. The van der Waals surface area contributed by atoms with Gasteiger partial charge in [0.1, 0.15) is 11.5 Å². The molecule has 1 saturated carbocycles. The Morgan fingerprint density at radius 2 is 2.10 bits per heavy atom. The van der Waals surface area contributed by atoms with Crippen LogP contribution >= 0.6 is 0 Å². The molecule has 1 aliphatic carbocycles. The third kappa shape index (κ3) is 3.76. The molecule has 0 spiro atoms. The SMILES string of the molecule is C[C@H](NC(=O)CN(Cc1ccco1)C1CC1)c1ccco1. The summed E-state index contributed by atoms with van der Waals surface area (Å²) in [7, 11) is 0. The highest BCUT2D eigenvalue weighted by Crippen LogP contribution is 2.28. The van der Waals surface area contributed by atoms with Crippen molar-refractivity contribution in [1.82, 2.24) is 10.2 Å². The highest BCUT2D eigenvalue weighted by molar-refractivity contribution is 5.78. The molecule has 1 N–H and O–H groups in total. The van der Waals surface area contributed by atoms with Crippen molar-refractivity contribution < 1.29 is 13.6 Å². The Morgan fingerprint density at radius 3 is 2.71 bits per heavy atom. The van der Waals surface area contributed by atoms with Crippen LogP contribution in [0.15, 0.2) is 45.6 Å². The van der Waals surface area contributed by atoms with Crippen LogP contribution < -0.4 is 5.32 Å². The van der Waals surface area contributed by atoms with Gasteiger partial charge < -0.3 is 14.2 Å². The number of carbonyl (C=O) groups excluding carboxylic acids is 1. The van der Waals surface area contributed by atoms with Gasteiger partial charge >= 0.3 is 0 Å². The van der Waals surface area contributed by atoms with E-state index >= 15 is 0 Å². The van der Waals surface area contributed by atoms with Crippen LogP contribution in [0.25, 0.3) is 0 Å². The van der Waals surface area contributed by atoms with E-state index in [1.807, 2.05) is 31.2 Å². The van der Waals surface area contributed by atoms with E-state index in [4.69, 9.17) is 8.83 Å². The van der Waals surface area contributed by atoms with Gasteiger partial charge in [0.05, 0.1) is 31.7 Å². The third-order valence-electron chi connectivity index (χ3n) is 3.70. The number of hydrogen-bond donors (Lipinski definition) is 1. The molecular formula is C16H20N2O3. The smallest absolute Gasteiger partial charge is 0.234 e. The summed E-state index contributed by atoms with van der Waals surface area (Å²) in [5.41, 5.74) is 0. The van der Waals surface area contributed by atoms with Crippen LogP contribution in [0.4, 0.5) is 0 Å². The number of amides is 1. The molecule has 1 atom stereocenters. The molecule has 0 radical (unpaired) electrons. The summed E-state index contributed by atoms with van der Waals surface area (Å²) in [5, 5.41) is 2.97. The Bertz CT molecular complexity index is 558. The first-order valence-electron chi connectivity index (χ1n) is 7.31. The minimum absolute atomic E-state index is 0.0114. The predicted molar refractivity (Wildman–Crippen MR) is 77.4 cm³/mol. The van der Waals surface area contributed by atoms with Crippen LogP contribution in [0.1, 0.15) is 37.3 Å². The second-order valence-electron chi connectivity index (χ2n) is 5.52. The molecule has 1 aliphatic rings. The molecule has 0 unspecified atom stereocenters. The van der Waals surface area contributed by atoms with Gasteiger partial charge in [-0.15, -0.1) is 0 Å². The summed E-state index contributed by atoms with van der Waals surface area (Å²) in [6.45, 7) is 2.99. The molecular weight excluding hydrogens is 268 g/mol. The minimum Gasteiger partial charge on any atom is -0.468 e. The Balaban J connectivity index is 1.54. The minimum atomic E-state index is -0.114. The number of furan rings is 2. The quantitative estimate of drug-likeness (QED) is 0.851. The third-order valence-corrected chi connectivity index (χ3v) is 3.70. The molecule has 0 aromatic carbocycles. The van der Waals surface area contributed by atoms with E-state index < -0.39 is 0 Å². The zero-order chi connectivity index (χ0) is 14.7. The maximum atomic E-state index is 12.2. The average Bonchev–Trinajstić information content (AvgIpc) is 2.94. The van der Waals surface area contributed by atoms with E-state index in [1.165, 1.54) is 0 Å². The molecule has 2 aromatic heterocycles. The first-order chi connectivity index (χ1) is 10.2. The molecule has 5 heteroatoms. The zero-order valence-electron chi connectivity index (χ0n) is 12.1. The lowest BCUT2D eigenvalue weighted by molar-refractivity contribution is -0.123. The highest BCUT2D eigenvalue weighted by atomic mass is 16.3. The lowest BCUT2D eigenvalue weighted by Crippen LogP contribution is -2.39. The van der Waals surface area contributed by atoms with Gasteiger partial charge in [-0.25, -0.2) is 0 Å². The fraction of sp³-hybridized carbons (Fsp3) is 0.438. The van der Waals surface area contributed by atoms with E-state index in [2.05, 4.69) is 10.2 Å². The molecule has 21 heavy (non-hydrogen) atoms. The van der Waals surface area contributed by atoms with E-state index in [1.54, 1.807) is 12.5 Å². The number of hydrogen-bond acceptors (Lipinski definition) is 4. The van der Waals surface area contributed by atoms with E-state index in [0.29, 0.717) is 19.1 Å². The van der Waals surface area contributed by atoms with Gasteiger partial charge in [-0.3, -0.25) is 9.69 Å². The monoisotopic (exact) mass is 288 g/mol. The molecule has 0 saturated heterocycles. The van der Waals surface area contributed by atoms with Crippen molar-refractivity contribution in [2.75, 3.05) is 6.54 Å². The van der Waals surface area contributed by atoms with Crippen molar-refractivity contribution in [2.45, 2.75) is 38.4 Å². The molecule has 0 bridgehead atoms. The lowest BCUT2D eigenvalue weighted by atomic mass is 10.2. The largest absolute Gasteiger partial charge is 0.468 e. The van der Waals surface area contributed by atoms with E-state index in [0.717, 1.165) is 24.4 Å². The van der Waals surface area contributed by atoms with Gasteiger partial charge in [0.15, 0.2) is 0 Å². The molecule has 1 fully saturated rings. The van der Waals surface area contributed by atoms with Crippen LogP contribution in [0.5, 0.6) is 0 Å². The van der Waals surface area contributed by atoms with Crippen molar-refractivity contribution in [2.24, 2.45) is 0 Å². The molecule has 112 valence electrons. The topological polar surface area (TPSA) is 58.6 Å². The molecule has 0 aliphatic heterocycles. The lowest BCUT2D eigenvalue weighted by Gasteiger charge is -2.21. The number of nitrogens with zero attached hydrogens (tertiary/aromatic N) is 1. The Morgan fingerprint density at radius 1 is 1.33 bits per heavy atom. The first kappa shape index (κ1) is 13.9. The fourth-order valence-corrected chi connectivity index (χ4v) is 2.44. The molecule has 3 rings (SSSR count). The molecule has 5 nitrogen and oxygen atoms in total. The Hall–Kier alpha value is -2.01. The van der Waals surface area contributed by atoms with Gasteiger partial charge in [-0.05, 0) is 44.0 Å². The van der Waals surface area contributed by atoms with Crippen LogP contribution in [-0.2, 0) is 11.3 Å². The molecule has 2 aromatic rings. The summed E-state index contributed by atoms with van der Waals surface area (Å²) in [4.78, 5) is 14.4.